The molecule has 4 heteroatoms. The van der Waals surface area contributed by atoms with E-state index >= 15 is 0 Å². The van der Waals surface area contributed by atoms with Crippen molar-refractivity contribution in [2.24, 2.45) is 5.92 Å². The third-order valence-electron chi connectivity index (χ3n) is 3.57. The lowest BCUT2D eigenvalue weighted by Gasteiger charge is -2.30. The van der Waals surface area contributed by atoms with E-state index < -0.39 is 0 Å². The summed E-state index contributed by atoms with van der Waals surface area (Å²) < 4.78 is 0. The van der Waals surface area contributed by atoms with Gasteiger partial charge in [-0.1, -0.05) is 13.8 Å². The minimum atomic E-state index is 0.0926. The van der Waals surface area contributed by atoms with Crippen molar-refractivity contribution in [2.75, 3.05) is 20.1 Å². The van der Waals surface area contributed by atoms with Crippen LogP contribution in [0.4, 0.5) is 0 Å². The van der Waals surface area contributed by atoms with E-state index in [1.807, 2.05) is 7.05 Å². The Morgan fingerprint density at radius 3 is 2.56 bits per heavy atom. The van der Waals surface area contributed by atoms with E-state index in [1.54, 1.807) is 0 Å². The Kier molecular flexibility index (Phi) is 6.33. The molecular weight excluding hydrogens is 228 g/mol. The molecular formula is C14H26N2O2. The first-order valence-electron chi connectivity index (χ1n) is 6.97. The summed E-state index contributed by atoms with van der Waals surface area (Å²) in [4.78, 5) is 25.0. The van der Waals surface area contributed by atoms with Crippen LogP contribution in [0, 0.1) is 5.92 Å². The van der Waals surface area contributed by atoms with E-state index in [0.29, 0.717) is 37.1 Å². The van der Waals surface area contributed by atoms with Crippen LogP contribution in [0.15, 0.2) is 0 Å². The molecule has 1 rings (SSSR count). The maximum absolute atomic E-state index is 11.7. The van der Waals surface area contributed by atoms with Gasteiger partial charge in [-0.05, 0) is 32.2 Å². The van der Waals surface area contributed by atoms with Gasteiger partial charge in [0.2, 0.25) is 5.91 Å². The standard InChI is InChI=1S/C14H26N2O2/c1-11(2)8-9-15-14(18)10-16(3)12-4-6-13(17)7-5-12/h11-12H,4-10H2,1-3H3,(H,15,18). The molecule has 1 fully saturated rings. The molecule has 0 bridgehead atoms. The number of rotatable bonds is 6. The van der Waals surface area contributed by atoms with Crippen LogP contribution in [-0.2, 0) is 9.59 Å². The molecule has 1 N–H and O–H groups in total. The van der Waals surface area contributed by atoms with Gasteiger partial charge in [-0.15, -0.1) is 0 Å². The predicted octanol–water partition coefficient (Wildman–Crippen LogP) is 1.59. The first-order valence-corrected chi connectivity index (χ1v) is 6.97. The Morgan fingerprint density at radius 1 is 1.39 bits per heavy atom. The van der Waals surface area contributed by atoms with Crippen LogP contribution in [-0.4, -0.2) is 42.8 Å². The zero-order chi connectivity index (χ0) is 13.5. The van der Waals surface area contributed by atoms with E-state index in [9.17, 15) is 9.59 Å². The molecule has 0 aliphatic heterocycles. The van der Waals surface area contributed by atoms with E-state index in [2.05, 4.69) is 24.1 Å². The number of likely N-dealkylation sites (N-methyl/N-ethyl adjacent to an activating group) is 1. The van der Waals surface area contributed by atoms with E-state index in [1.165, 1.54) is 0 Å². The van der Waals surface area contributed by atoms with Crippen molar-refractivity contribution in [3.63, 3.8) is 0 Å². The number of carbonyl (C=O) groups excluding carboxylic acids is 2. The molecule has 0 unspecified atom stereocenters. The summed E-state index contributed by atoms with van der Waals surface area (Å²) in [6.45, 7) is 5.50. The molecule has 0 saturated heterocycles. The minimum absolute atomic E-state index is 0.0926. The number of carbonyl (C=O) groups is 2. The van der Waals surface area contributed by atoms with Gasteiger partial charge in [0.15, 0.2) is 0 Å². The van der Waals surface area contributed by atoms with Crippen molar-refractivity contribution in [3.05, 3.63) is 0 Å². The molecule has 0 radical (unpaired) electrons. The van der Waals surface area contributed by atoms with Gasteiger partial charge in [0, 0.05) is 25.4 Å². The van der Waals surface area contributed by atoms with Gasteiger partial charge in [0.1, 0.15) is 5.78 Å². The van der Waals surface area contributed by atoms with Gasteiger partial charge in [0.25, 0.3) is 0 Å². The SMILES string of the molecule is CC(C)CCNC(=O)CN(C)C1CCC(=O)CC1. The van der Waals surface area contributed by atoms with Crippen LogP contribution < -0.4 is 5.32 Å². The molecule has 0 heterocycles. The third kappa shape index (κ3) is 5.63. The summed E-state index contributed by atoms with van der Waals surface area (Å²) in [5.41, 5.74) is 0. The fraction of sp³-hybridized carbons (Fsp3) is 0.857. The Balaban J connectivity index is 2.20. The second kappa shape index (κ2) is 7.52. The number of amides is 1. The van der Waals surface area contributed by atoms with Crippen LogP contribution >= 0.6 is 0 Å². The van der Waals surface area contributed by atoms with Crippen LogP contribution in [0.2, 0.25) is 0 Å². The Bertz CT molecular complexity index is 280. The molecule has 4 nitrogen and oxygen atoms in total. The smallest absolute Gasteiger partial charge is 0.234 e. The Labute approximate surface area is 110 Å². The van der Waals surface area contributed by atoms with E-state index in [-0.39, 0.29) is 5.91 Å². The summed E-state index contributed by atoms with van der Waals surface area (Å²) in [7, 11) is 1.97. The highest BCUT2D eigenvalue weighted by atomic mass is 16.2. The zero-order valence-corrected chi connectivity index (χ0v) is 11.9. The van der Waals surface area contributed by atoms with Crippen LogP contribution in [0.3, 0.4) is 0 Å². The highest BCUT2D eigenvalue weighted by Gasteiger charge is 2.23. The number of nitrogens with one attached hydrogen (secondary N) is 1. The second-order valence-electron chi connectivity index (χ2n) is 5.72. The van der Waals surface area contributed by atoms with Crippen LogP contribution in [0.25, 0.3) is 0 Å². The molecule has 1 saturated carbocycles. The Morgan fingerprint density at radius 2 is 2.00 bits per heavy atom. The molecule has 0 aromatic rings. The van der Waals surface area contributed by atoms with Gasteiger partial charge < -0.3 is 5.32 Å². The number of hydrogen-bond donors (Lipinski definition) is 1. The van der Waals surface area contributed by atoms with Gasteiger partial charge in [-0.3, -0.25) is 14.5 Å². The lowest BCUT2D eigenvalue weighted by atomic mass is 9.93. The average molecular weight is 254 g/mol. The topological polar surface area (TPSA) is 49.4 Å². The maximum Gasteiger partial charge on any atom is 0.234 e. The second-order valence-corrected chi connectivity index (χ2v) is 5.72. The largest absolute Gasteiger partial charge is 0.355 e. The number of hydrogen-bond acceptors (Lipinski definition) is 3. The van der Waals surface area contributed by atoms with Crippen LogP contribution in [0.5, 0.6) is 0 Å². The highest BCUT2D eigenvalue weighted by molar-refractivity contribution is 5.79. The summed E-state index contributed by atoms with van der Waals surface area (Å²) in [5, 5.41) is 2.95. The lowest BCUT2D eigenvalue weighted by molar-refractivity contribution is -0.123. The summed E-state index contributed by atoms with van der Waals surface area (Å²) >= 11 is 0. The molecule has 104 valence electrons. The minimum Gasteiger partial charge on any atom is -0.355 e. The molecule has 0 spiro atoms. The monoisotopic (exact) mass is 254 g/mol. The first-order chi connectivity index (χ1) is 8.49. The normalized spacial score (nSPS) is 17.5. The molecule has 0 aromatic heterocycles. The van der Waals surface area contributed by atoms with Gasteiger partial charge in [-0.2, -0.15) is 0 Å². The third-order valence-corrected chi connectivity index (χ3v) is 3.57. The average Bonchev–Trinajstić information content (AvgIpc) is 2.29. The molecule has 18 heavy (non-hydrogen) atoms. The van der Waals surface area contributed by atoms with Crippen molar-refractivity contribution in [1.29, 1.82) is 0 Å². The summed E-state index contributed by atoms with van der Waals surface area (Å²) in [6.07, 6.45) is 4.16. The number of nitrogens with zero attached hydrogens (tertiary/aromatic N) is 1. The summed E-state index contributed by atoms with van der Waals surface area (Å²) in [5.74, 6) is 1.07. The molecule has 1 aliphatic carbocycles. The first kappa shape index (κ1) is 15.2. The number of Topliss-reactive ketones (excluding diaryl/α,β-unsaturated/α-hetero) is 1. The van der Waals surface area contributed by atoms with Crippen molar-refractivity contribution in [1.82, 2.24) is 10.2 Å². The van der Waals surface area contributed by atoms with Crippen molar-refractivity contribution in [2.45, 2.75) is 52.0 Å². The fourth-order valence-corrected chi connectivity index (χ4v) is 2.28. The van der Waals surface area contributed by atoms with Crippen molar-refractivity contribution >= 4 is 11.7 Å². The van der Waals surface area contributed by atoms with Gasteiger partial charge in [-0.25, -0.2) is 0 Å². The summed E-state index contributed by atoms with van der Waals surface area (Å²) in [6, 6.07) is 0.388. The molecule has 0 aromatic carbocycles. The maximum atomic E-state index is 11.7. The van der Waals surface area contributed by atoms with Crippen LogP contribution in [0.1, 0.15) is 46.0 Å². The van der Waals surface area contributed by atoms with Crippen molar-refractivity contribution < 1.29 is 9.59 Å². The number of ketones is 1. The van der Waals surface area contributed by atoms with Gasteiger partial charge in [0.05, 0.1) is 6.54 Å². The fourth-order valence-electron chi connectivity index (χ4n) is 2.28. The quantitative estimate of drug-likeness (QED) is 0.783. The molecule has 1 aliphatic rings. The van der Waals surface area contributed by atoms with E-state index in [0.717, 1.165) is 25.8 Å². The molecule has 1 amide bonds. The lowest BCUT2D eigenvalue weighted by Crippen LogP contribution is -2.42. The van der Waals surface area contributed by atoms with E-state index in [4.69, 9.17) is 0 Å². The zero-order valence-electron chi connectivity index (χ0n) is 11.9. The van der Waals surface area contributed by atoms with Crippen molar-refractivity contribution in [3.8, 4) is 0 Å². The van der Waals surface area contributed by atoms with Gasteiger partial charge >= 0.3 is 0 Å². The Hall–Kier alpha value is -0.900. The highest BCUT2D eigenvalue weighted by Crippen LogP contribution is 2.18. The predicted molar refractivity (Wildman–Crippen MR) is 72.4 cm³/mol. The molecule has 0 atom stereocenters.